The van der Waals surface area contributed by atoms with Gasteiger partial charge in [-0.05, 0) is 29.8 Å². The summed E-state index contributed by atoms with van der Waals surface area (Å²) in [4.78, 5) is 10.6. The van der Waals surface area contributed by atoms with Gasteiger partial charge in [-0.2, -0.15) is 0 Å². The molecule has 10 heteroatoms. The van der Waals surface area contributed by atoms with Crippen molar-refractivity contribution < 1.29 is 10.0 Å². The molecular weight excluding hydrogens is 362 g/mol. The lowest BCUT2D eigenvalue weighted by Crippen LogP contribution is -2.30. The zero-order valence-corrected chi connectivity index (χ0v) is 15.0. The molecule has 3 heterocycles. The standard InChI is InChI=1S/C15H15N5O3S2/c1-2-3-4-12-16-17-15-18(12)19-13(25-15)8-24-14(19)9-5-6-11(21)10(7-9)20(22)23/h5-8,14,21H,2-4H2,1H3. The fraction of sp³-hybridized carbons (Fsp3) is 0.333. The minimum Gasteiger partial charge on any atom is -0.502 e. The van der Waals surface area contributed by atoms with E-state index in [9.17, 15) is 15.2 Å². The molecule has 0 fully saturated rings. The van der Waals surface area contributed by atoms with Crippen LogP contribution in [0.1, 0.15) is 36.5 Å². The van der Waals surface area contributed by atoms with Crippen LogP contribution in [0.2, 0.25) is 0 Å². The number of aryl methyl sites for hydroxylation is 1. The molecule has 25 heavy (non-hydrogen) atoms. The van der Waals surface area contributed by atoms with Crippen LogP contribution in [0.15, 0.2) is 33.8 Å². The first-order valence-corrected chi connectivity index (χ1v) is 9.60. The van der Waals surface area contributed by atoms with E-state index in [1.165, 1.54) is 12.1 Å². The average molecular weight is 377 g/mol. The molecule has 2 aliphatic heterocycles. The summed E-state index contributed by atoms with van der Waals surface area (Å²) in [7, 11) is 0. The first-order valence-electron chi connectivity index (χ1n) is 7.84. The number of hydrogen-bond donors (Lipinski definition) is 1. The lowest BCUT2D eigenvalue weighted by Gasteiger charge is -2.25. The van der Waals surface area contributed by atoms with Gasteiger partial charge in [0.15, 0.2) is 11.6 Å². The van der Waals surface area contributed by atoms with Gasteiger partial charge < -0.3 is 5.11 Å². The van der Waals surface area contributed by atoms with Gasteiger partial charge in [-0.1, -0.05) is 31.2 Å². The van der Waals surface area contributed by atoms with Crippen molar-refractivity contribution in [3.63, 3.8) is 0 Å². The Hall–Kier alpha value is -2.20. The van der Waals surface area contributed by atoms with Crippen molar-refractivity contribution in [2.24, 2.45) is 0 Å². The Bertz CT molecular complexity index is 882. The SMILES string of the molecule is CCCCc1nnc2n1N1C(=CSC1c1ccc(O)c([N+](=O)[O-])c1)S2. The number of benzene rings is 1. The highest BCUT2D eigenvalue weighted by Gasteiger charge is 2.40. The molecule has 4 rings (SSSR count). The molecule has 1 atom stereocenters. The lowest BCUT2D eigenvalue weighted by atomic mass is 10.2. The van der Waals surface area contributed by atoms with Gasteiger partial charge in [-0.15, -0.1) is 10.2 Å². The van der Waals surface area contributed by atoms with Gasteiger partial charge in [0.25, 0.3) is 0 Å². The Morgan fingerprint density at radius 3 is 3.00 bits per heavy atom. The van der Waals surface area contributed by atoms with Crippen LogP contribution in [0.25, 0.3) is 0 Å². The Balaban J connectivity index is 1.71. The molecule has 0 bridgehead atoms. The number of phenols is 1. The van der Waals surface area contributed by atoms with E-state index in [1.807, 2.05) is 10.1 Å². The normalized spacial score (nSPS) is 18.2. The molecule has 0 saturated heterocycles. The predicted octanol–water partition coefficient (Wildman–Crippen LogP) is 3.52. The molecule has 0 amide bonds. The fourth-order valence-electron chi connectivity index (χ4n) is 2.84. The highest BCUT2D eigenvalue weighted by Crippen LogP contribution is 2.51. The number of rotatable bonds is 5. The number of nitro groups is 1. The van der Waals surface area contributed by atoms with Crippen LogP contribution in [0.4, 0.5) is 5.69 Å². The van der Waals surface area contributed by atoms with E-state index in [2.05, 4.69) is 22.1 Å². The van der Waals surface area contributed by atoms with Gasteiger partial charge in [-0.25, -0.2) is 4.68 Å². The van der Waals surface area contributed by atoms with Crippen molar-refractivity contribution in [1.29, 1.82) is 0 Å². The van der Waals surface area contributed by atoms with Crippen molar-refractivity contribution in [3.8, 4) is 5.75 Å². The second-order valence-electron chi connectivity index (χ2n) is 5.71. The van der Waals surface area contributed by atoms with E-state index >= 15 is 0 Å². The number of aromatic nitrogens is 3. The van der Waals surface area contributed by atoms with E-state index in [1.54, 1.807) is 29.6 Å². The Morgan fingerprint density at radius 1 is 1.40 bits per heavy atom. The van der Waals surface area contributed by atoms with Crippen LogP contribution >= 0.6 is 23.5 Å². The van der Waals surface area contributed by atoms with Crippen molar-refractivity contribution in [2.45, 2.75) is 36.7 Å². The minimum atomic E-state index is -0.567. The van der Waals surface area contributed by atoms with E-state index in [0.717, 1.165) is 40.8 Å². The van der Waals surface area contributed by atoms with Gasteiger partial charge >= 0.3 is 5.69 Å². The van der Waals surface area contributed by atoms with Crippen molar-refractivity contribution >= 4 is 29.2 Å². The zero-order chi connectivity index (χ0) is 17.6. The molecule has 130 valence electrons. The van der Waals surface area contributed by atoms with Crippen LogP contribution < -0.4 is 5.01 Å². The summed E-state index contributed by atoms with van der Waals surface area (Å²) < 4.78 is 2.01. The summed E-state index contributed by atoms with van der Waals surface area (Å²) >= 11 is 3.12. The van der Waals surface area contributed by atoms with Gasteiger partial charge in [0.1, 0.15) is 10.4 Å². The van der Waals surface area contributed by atoms with Gasteiger partial charge in [0.2, 0.25) is 5.16 Å². The van der Waals surface area contributed by atoms with Crippen molar-refractivity contribution in [3.05, 3.63) is 50.1 Å². The number of hydrogen-bond acceptors (Lipinski definition) is 8. The first kappa shape index (κ1) is 16.3. The predicted molar refractivity (Wildman–Crippen MR) is 95.9 cm³/mol. The molecule has 0 aliphatic carbocycles. The van der Waals surface area contributed by atoms with E-state index in [-0.39, 0.29) is 16.8 Å². The highest BCUT2D eigenvalue weighted by molar-refractivity contribution is 8.07. The number of phenolic OH excluding ortho intramolecular Hbond substituents is 1. The summed E-state index contributed by atoms with van der Waals surface area (Å²) in [5.74, 6) is 0.572. The third kappa shape index (κ3) is 2.65. The number of nitro benzene ring substituents is 1. The smallest absolute Gasteiger partial charge is 0.311 e. The molecule has 0 spiro atoms. The Labute approximate surface area is 152 Å². The average Bonchev–Trinajstić information content (AvgIpc) is 3.24. The summed E-state index contributed by atoms with van der Waals surface area (Å²) in [5.41, 5.74) is 0.470. The highest BCUT2D eigenvalue weighted by atomic mass is 32.2. The minimum absolute atomic E-state index is 0.153. The monoisotopic (exact) mass is 377 g/mol. The quantitative estimate of drug-likeness (QED) is 0.624. The van der Waals surface area contributed by atoms with Crippen molar-refractivity contribution in [1.82, 2.24) is 14.9 Å². The molecule has 1 unspecified atom stereocenters. The number of nitrogens with zero attached hydrogens (tertiary/aromatic N) is 5. The number of fused-ring (bicyclic) bond motifs is 3. The van der Waals surface area contributed by atoms with Gasteiger partial charge in [0, 0.05) is 17.9 Å². The van der Waals surface area contributed by atoms with Gasteiger partial charge in [0.05, 0.1) is 4.92 Å². The zero-order valence-electron chi connectivity index (χ0n) is 13.3. The van der Waals surface area contributed by atoms with E-state index in [0.29, 0.717) is 0 Å². The Morgan fingerprint density at radius 2 is 2.24 bits per heavy atom. The summed E-state index contributed by atoms with van der Waals surface area (Å²) in [6.45, 7) is 2.13. The van der Waals surface area contributed by atoms with Gasteiger partial charge in [-0.3, -0.25) is 15.1 Å². The van der Waals surface area contributed by atoms with E-state index < -0.39 is 4.92 Å². The second kappa shape index (κ2) is 6.26. The second-order valence-corrected chi connectivity index (χ2v) is 7.65. The lowest BCUT2D eigenvalue weighted by molar-refractivity contribution is -0.385. The van der Waals surface area contributed by atoms with Crippen LogP contribution in [-0.2, 0) is 6.42 Å². The van der Waals surface area contributed by atoms with E-state index in [4.69, 9.17) is 0 Å². The summed E-state index contributed by atoms with van der Waals surface area (Å²) in [6.07, 6.45) is 2.93. The molecule has 0 saturated carbocycles. The van der Waals surface area contributed by atoms with Crippen molar-refractivity contribution in [2.75, 3.05) is 5.01 Å². The molecule has 2 aliphatic rings. The van der Waals surface area contributed by atoms with Crippen LogP contribution in [-0.4, -0.2) is 24.9 Å². The fourth-order valence-corrected chi connectivity index (χ4v) is 5.08. The number of aromatic hydroxyl groups is 1. The molecule has 8 nitrogen and oxygen atoms in total. The summed E-state index contributed by atoms with van der Waals surface area (Å²) in [5, 5.41) is 35.2. The van der Waals surface area contributed by atoms with Crippen LogP contribution in [0, 0.1) is 10.1 Å². The molecule has 0 radical (unpaired) electrons. The topological polar surface area (TPSA) is 97.3 Å². The Kier molecular flexibility index (Phi) is 4.08. The maximum absolute atomic E-state index is 11.1. The maximum Gasteiger partial charge on any atom is 0.311 e. The summed E-state index contributed by atoms with van der Waals surface area (Å²) in [6, 6.07) is 4.53. The van der Waals surface area contributed by atoms with Crippen LogP contribution in [0.3, 0.4) is 0 Å². The molecular formula is C15H15N5O3S2. The third-order valence-corrected chi connectivity index (χ3v) is 6.26. The molecule has 1 N–H and O–H groups in total. The molecule has 1 aromatic carbocycles. The largest absolute Gasteiger partial charge is 0.502 e. The molecule has 1 aromatic heterocycles. The maximum atomic E-state index is 11.1. The third-order valence-electron chi connectivity index (χ3n) is 4.07. The first-order chi connectivity index (χ1) is 12.1. The number of thioether (sulfide) groups is 2. The number of unbranched alkanes of at least 4 members (excludes halogenated alkanes) is 1. The molecule has 2 aromatic rings. The van der Waals surface area contributed by atoms with Crippen LogP contribution in [0.5, 0.6) is 5.75 Å².